The summed E-state index contributed by atoms with van der Waals surface area (Å²) in [5.74, 6) is 0.233. The Kier molecular flexibility index (Phi) is 4.42. The zero-order chi connectivity index (χ0) is 14.7. The van der Waals surface area contributed by atoms with Crippen LogP contribution in [-0.4, -0.2) is 47.3 Å². The first-order valence-electron chi connectivity index (χ1n) is 7.15. The number of piperazine rings is 1. The summed E-state index contributed by atoms with van der Waals surface area (Å²) < 4.78 is 0. The highest BCUT2D eigenvalue weighted by molar-refractivity contribution is 5.94. The summed E-state index contributed by atoms with van der Waals surface area (Å²) in [6, 6.07) is 9.37. The van der Waals surface area contributed by atoms with Crippen LogP contribution in [0.1, 0.15) is 31.1 Å². The molecule has 1 aliphatic rings. The van der Waals surface area contributed by atoms with E-state index in [4.69, 9.17) is 0 Å². The third-order valence-corrected chi connectivity index (χ3v) is 3.71. The van der Waals surface area contributed by atoms with Crippen molar-refractivity contribution in [2.45, 2.75) is 26.8 Å². The molecule has 0 bridgehead atoms. The van der Waals surface area contributed by atoms with E-state index in [2.05, 4.69) is 0 Å². The summed E-state index contributed by atoms with van der Waals surface area (Å²) in [6.45, 7) is 7.67. The second-order valence-corrected chi connectivity index (χ2v) is 5.65. The molecule has 1 fully saturated rings. The number of carbonyl (C=O) groups excluding carboxylic acids is 2. The zero-order valence-corrected chi connectivity index (χ0v) is 12.4. The maximum Gasteiger partial charge on any atom is 0.254 e. The van der Waals surface area contributed by atoms with Gasteiger partial charge in [0.05, 0.1) is 0 Å². The van der Waals surface area contributed by atoms with E-state index in [-0.39, 0.29) is 23.8 Å². The molecule has 1 aromatic carbocycles. The van der Waals surface area contributed by atoms with Gasteiger partial charge in [0, 0.05) is 37.2 Å². The first-order valence-corrected chi connectivity index (χ1v) is 7.15. The summed E-state index contributed by atoms with van der Waals surface area (Å²) in [7, 11) is 0. The average Bonchev–Trinajstić information content (AvgIpc) is 2.46. The lowest BCUT2D eigenvalue weighted by atomic mass is 10.1. The molecule has 4 nitrogen and oxygen atoms in total. The van der Waals surface area contributed by atoms with Crippen molar-refractivity contribution >= 4 is 11.8 Å². The van der Waals surface area contributed by atoms with Crippen molar-refractivity contribution in [3.8, 4) is 0 Å². The number of nitrogens with zero attached hydrogens (tertiary/aromatic N) is 2. The monoisotopic (exact) mass is 274 g/mol. The number of benzene rings is 1. The second-order valence-electron chi connectivity index (χ2n) is 5.65. The Morgan fingerprint density at radius 2 is 1.80 bits per heavy atom. The van der Waals surface area contributed by atoms with Crippen LogP contribution in [0.15, 0.2) is 30.3 Å². The molecule has 1 aliphatic heterocycles. The van der Waals surface area contributed by atoms with E-state index in [9.17, 15) is 9.59 Å². The zero-order valence-electron chi connectivity index (χ0n) is 12.4. The number of amides is 2. The normalized spacial score (nSPS) is 19.3. The van der Waals surface area contributed by atoms with Gasteiger partial charge >= 0.3 is 0 Å². The van der Waals surface area contributed by atoms with Crippen LogP contribution in [0.3, 0.4) is 0 Å². The maximum atomic E-state index is 12.4. The number of carbonyl (C=O) groups is 2. The van der Waals surface area contributed by atoms with Crippen LogP contribution >= 0.6 is 0 Å². The number of rotatable bonds is 2. The second kappa shape index (κ2) is 6.07. The van der Waals surface area contributed by atoms with E-state index in [1.54, 1.807) is 0 Å². The molecule has 1 heterocycles. The molecular formula is C16H22N2O2. The van der Waals surface area contributed by atoms with E-state index in [0.717, 1.165) is 0 Å². The van der Waals surface area contributed by atoms with Crippen LogP contribution in [0.5, 0.6) is 0 Å². The smallest absolute Gasteiger partial charge is 0.254 e. The van der Waals surface area contributed by atoms with Gasteiger partial charge in [-0.1, -0.05) is 32.0 Å². The van der Waals surface area contributed by atoms with Crippen molar-refractivity contribution in [3.05, 3.63) is 35.9 Å². The van der Waals surface area contributed by atoms with Gasteiger partial charge in [0.2, 0.25) is 5.91 Å². The lowest BCUT2D eigenvalue weighted by molar-refractivity contribution is -0.136. The lowest BCUT2D eigenvalue weighted by Gasteiger charge is -2.40. The highest BCUT2D eigenvalue weighted by atomic mass is 16.2. The highest BCUT2D eigenvalue weighted by Gasteiger charge is 2.30. The minimum atomic E-state index is 0.0126. The Hall–Kier alpha value is -1.84. The molecule has 0 N–H and O–H groups in total. The average molecular weight is 274 g/mol. The predicted molar refractivity (Wildman–Crippen MR) is 78.4 cm³/mol. The first kappa shape index (κ1) is 14.6. The predicted octanol–water partition coefficient (Wildman–Crippen LogP) is 2.02. The van der Waals surface area contributed by atoms with Gasteiger partial charge < -0.3 is 9.80 Å². The van der Waals surface area contributed by atoms with Gasteiger partial charge in [-0.05, 0) is 19.1 Å². The summed E-state index contributed by atoms with van der Waals surface area (Å²) >= 11 is 0. The summed E-state index contributed by atoms with van der Waals surface area (Å²) in [4.78, 5) is 28.2. The van der Waals surface area contributed by atoms with Gasteiger partial charge in [-0.15, -0.1) is 0 Å². The topological polar surface area (TPSA) is 40.6 Å². The molecule has 1 unspecified atom stereocenters. The van der Waals surface area contributed by atoms with Gasteiger partial charge in [0.25, 0.3) is 5.91 Å². The van der Waals surface area contributed by atoms with Gasteiger partial charge in [0.15, 0.2) is 0 Å². The Labute approximate surface area is 120 Å². The minimum Gasteiger partial charge on any atom is -0.339 e. The van der Waals surface area contributed by atoms with Crippen molar-refractivity contribution in [2.24, 2.45) is 5.92 Å². The third kappa shape index (κ3) is 3.00. The van der Waals surface area contributed by atoms with E-state index in [1.807, 2.05) is 60.9 Å². The third-order valence-electron chi connectivity index (χ3n) is 3.71. The summed E-state index contributed by atoms with van der Waals surface area (Å²) in [5.41, 5.74) is 0.711. The molecule has 0 saturated carbocycles. The Balaban J connectivity index is 2.04. The molecule has 1 aromatic rings. The van der Waals surface area contributed by atoms with Crippen LogP contribution in [0.25, 0.3) is 0 Å². The molecular weight excluding hydrogens is 252 g/mol. The lowest BCUT2D eigenvalue weighted by Crippen LogP contribution is -2.56. The van der Waals surface area contributed by atoms with E-state index >= 15 is 0 Å². The number of hydrogen-bond acceptors (Lipinski definition) is 2. The maximum absolute atomic E-state index is 12.4. The van der Waals surface area contributed by atoms with Crippen LogP contribution in [-0.2, 0) is 4.79 Å². The van der Waals surface area contributed by atoms with Gasteiger partial charge in [-0.3, -0.25) is 9.59 Å². The molecule has 0 radical (unpaired) electrons. The molecule has 2 amide bonds. The molecule has 4 heteroatoms. The molecule has 1 saturated heterocycles. The Morgan fingerprint density at radius 1 is 1.15 bits per heavy atom. The minimum absolute atomic E-state index is 0.0126. The van der Waals surface area contributed by atoms with Crippen molar-refractivity contribution < 1.29 is 9.59 Å². The van der Waals surface area contributed by atoms with Gasteiger partial charge in [-0.2, -0.15) is 0 Å². The van der Waals surface area contributed by atoms with Gasteiger partial charge in [0.1, 0.15) is 0 Å². The molecule has 2 rings (SSSR count). The number of hydrogen-bond donors (Lipinski definition) is 0. The van der Waals surface area contributed by atoms with Gasteiger partial charge in [-0.25, -0.2) is 0 Å². The van der Waals surface area contributed by atoms with Crippen LogP contribution in [0, 0.1) is 5.92 Å². The quantitative estimate of drug-likeness (QED) is 0.828. The van der Waals surface area contributed by atoms with Crippen molar-refractivity contribution in [2.75, 3.05) is 19.6 Å². The molecule has 0 spiro atoms. The van der Waals surface area contributed by atoms with Crippen molar-refractivity contribution in [1.29, 1.82) is 0 Å². The van der Waals surface area contributed by atoms with E-state index in [1.165, 1.54) is 0 Å². The van der Waals surface area contributed by atoms with E-state index < -0.39 is 0 Å². The largest absolute Gasteiger partial charge is 0.339 e. The molecule has 0 aliphatic carbocycles. The first-order chi connectivity index (χ1) is 9.50. The molecule has 20 heavy (non-hydrogen) atoms. The highest BCUT2D eigenvalue weighted by Crippen LogP contribution is 2.15. The fraction of sp³-hybridized carbons (Fsp3) is 0.500. The SMILES string of the molecule is CC(C)C(=O)N1CCN(C(=O)c2ccccc2)C(C)C1. The fourth-order valence-electron chi connectivity index (χ4n) is 2.57. The van der Waals surface area contributed by atoms with Crippen LogP contribution < -0.4 is 0 Å². The Morgan fingerprint density at radius 3 is 2.35 bits per heavy atom. The molecule has 1 atom stereocenters. The molecule has 0 aromatic heterocycles. The summed E-state index contributed by atoms with van der Waals surface area (Å²) in [6.07, 6.45) is 0. The summed E-state index contributed by atoms with van der Waals surface area (Å²) in [5, 5.41) is 0. The fourth-order valence-corrected chi connectivity index (χ4v) is 2.57. The van der Waals surface area contributed by atoms with Crippen molar-refractivity contribution in [3.63, 3.8) is 0 Å². The van der Waals surface area contributed by atoms with Crippen molar-refractivity contribution in [1.82, 2.24) is 9.80 Å². The molecule has 108 valence electrons. The standard InChI is InChI=1S/C16H22N2O2/c1-12(2)15(19)17-9-10-18(13(3)11-17)16(20)14-7-5-4-6-8-14/h4-8,12-13H,9-11H2,1-3H3. The van der Waals surface area contributed by atoms with Crippen LogP contribution in [0.4, 0.5) is 0 Å². The van der Waals surface area contributed by atoms with Crippen LogP contribution in [0.2, 0.25) is 0 Å². The van der Waals surface area contributed by atoms with E-state index in [0.29, 0.717) is 25.2 Å². The Bertz CT molecular complexity index is 485.